The number of ether oxygens (including phenoxy) is 2. The number of rotatable bonds is 6. The van der Waals surface area contributed by atoms with Gasteiger partial charge in [-0.25, -0.2) is 0 Å². The third kappa shape index (κ3) is 4.88. The molecule has 0 fully saturated rings. The number of halogens is 2. The van der Waals surface area contributed by atoms with Crippen molar-refractivity contribution in [2.75, 3.05) is 13.2 Å². The normalized spacial score (nSPS) is 10.2. The number of hydrogen-bond donors (Lipinski definition) is 0. The van der Waals surface area contributed by atoms with Gasteiger partial charge in [-0.3, -0.25) is 0 Å². The Morgan fingerprint density at radius 1 is 0.737 bits per heavy atom. The van der Waals surface area contributed by atoms with Crippen molar-refractivity contribution in [2.24, 2.45) is 0 Å². The van der Waals surface area contributed by atoms with Crippen molar-refractivity contribution in [3.8, 4) is 11.5 Å². The van der Waals surface area contributed by atoms with E-state index >= 15 is 0 Å². The van der Waals surface area contributed by atoms with Crippen molar-refractivity contribution < 1.29 is 9.47 Å². The first-order chi connectivity index (χ1) is 9.28. The summed E-state index contributed by atoms with van der Waals surface area (Å²) >= 11 is 6.80. The summed E-state index contributed by atoms with van der Waals surface area (Å²) < 4.78 is 12.2. The Morgan fingerprint density at radius 3 is 1.68 bits per heavy atom. The molecular weight excluding hydrogens is 372 g/mol. The molecule has 19 heavy (non-hydrogen) atoms. The summed E-state index contributed by atoms with van der Waals surface area (Å²) in [5.74, 6) is 1.71. The molecule has 0 saturated heterocycles. The van der Waals surface area contributed by atoms with E-state index in [1.807, 2.05) is 48.5 Å². The van der Waals surface area contributed by atoms with Gasteiger partial charge in [-0.1, -0.05) is 44.0 Å². The highest BCUT2D eigenvalue weighted by Crippen LogP contribution is 2.16. The minimum absolute atomic E-state index is 0.530. The lowest BCUT2D eigenvalue weighted by Crippen LogP contribution is -2.08. The van der Waals surface area contributed by atoms with E-state index in [0.717, 1.165) is 21.3 Å². The van der Waals surface area contributed by atoms with Crippen LogP contribution in [0.5, 0.6) is 11.5 Å². The molecule has 0 saturated carbocycles. The van der Waals surface area contributed by atoms with E-state index in [4.69, 9.17) is 9.47 Å². The van der Waals surface area contributed by atoms with Gasteiger partial charge in [-0.2, -0.15) is 0 Å². The quantitative estimate of drug-likeness (QED) is 0.525. The van der Waals surface area contributed by atoms with E-state index in [1.54, 1.807) is 0 Å². The van der Waals surface area contributed by atoms with Gasteiger partial charge in [0.25, 0.3) is 0 Å². The smallest absolute Gasteiger partial charge is 0.122 e. The first-order valence-electron chi connectivity index (χ1n) is 5.94. The van der Waals surface area contributed by atoms with Crippen LogP contribution in [-0.2, 0) is 5.33 Å². The van der Waals surface area contributed by atoms with Crippen molar-refractivity contribution in [3.05, 3.63) is 58.6 Å². The van der Waals surface area contributed by atoms with E-state index in [9.17, 15) is 0 Å². The minimum Gasteiger partial charge on any atom is -0.490 e. The highest BCUT2D eigenvalue weighted by Gasteiger charge is 1.96. The van der Waals surface area contributed by atoms with Crippen LogP contribution in [0.1, 0.15) is 5.56 Å². The molecule has 0 unspecified atom stereocenters. The summed E-state index contributed by atoms with van der Waals surface area (Å²) in [4.78, 5) is 0. The lowest BCUT2D eigenvalue weighted by Gasteiger charge is -2.08. The predicted molar refractivity (Wildman–Crippen MR) is 84.2 cm³/mol. The van der Waals surface area contributed by atoms with E-state index in [1.165, 1.54) is 5.56 Å². The summed E-state index contributed by atoms with van der Waals surface area (Å²) in [7, 11) is 0. The van der Waals surface area contributed by atoms with E-state index < -0.39 is 0 Å². The summed E-state index contributed by atoms with van der Waals surface area (Å²) in [5, 5.41) is 0.861. The molecule has 0 aromatic heterocycles. The molecule has 0 aliphatic rings. The van der Waals surface area contributed by atoms with Crippen LogP contribution in [0.4, 0.5) is 0 Å². The molecule has 0 spiro atoms. The van der Waals surface area contributed by atoms with Gasteiger partial charge >= 0.3 is 0 Å². The van der Waals surface area contributed by atoms with E-state index in [2.05, 4.69) is 31.9 Å². The molecular formula is C15H14Br2O2. The Balaban J connectivity index is 1.72. The molecule has 0 atom stereocenters. The zero-order valence-electron chi connectivity index (χ0n) is 10.3. The number of hydrogen-bond acceptors (Lipinski definition) is 2. The van der Waals surface area contributed by atoms with Gasteiger partial charge in [0.05, 0.1) is 0 Å². The summed E-state index contributed by atoms with van der Waals surface area (Å²) in [6.45, 7) is 1.06. The standard InChI is InChI=1S/C15H14Br2O2/c16-11-12-1-5-14(6-2-12)18-9-10-19-15-7-3-13(17)4-8-15/h1-8H,9-11H2. The van der Waals surface area contributed by atoms with Crippen LogP contribution in [0.3, 0.4) is 0 Å². The number of alkyl halides is 1. The monoisotopic (exact) mass is 384 g/mol. The molecule has 0 aliphatic carbocycles. The third-order valence-electron chi connectivity index (χ3n) is 2.51. The number of benzene rings is 2. The average molecular weight is 386 g/mol. The molecule has 100 valence electrons. The van der Waals surface area contributed by atoms with Crippen LogP contribution < -0.4 is 9.47 Å². The van der Waals surface area contributed by atoms with Gasteiger partial charge < -0.3 is 9.47 Å². The predicted octanol–water partition coefficient (Wildman–Crippen LogP) is 4.80. The Kier molecular flexibility index (Phi) is 5.73. The molecule has 2 nitrogen and oxygen atoms in total. The molecule has 0 aliphatic heterocycles. The molecule has 4 heteroatoms. The van der Waals surface area contributed by atoms with Crippen LogP contribution in [0.2, 0.25) is 0 Å². The Bertz CT molecular complexity index is 495. The molecule has 0 amide bonds. The fourth-order valence-corrected chi connectivity index (χ4v) is 2.16. The first-order valence-corrected chi connectivity index (χ1v) is 7.85. The van der Waals surface area contributed by atoms with Crippen molar-refractivity contribution in [1.82, 2.24) is 0 Å². The Morgan fingerprint density at radius 2 is 1.21 bits per heavy atom. The van der Waals surface area contributed by atoms with Crippen LogP contribution in [0, 0.1) is 0 Å². The van der Waals surface area contributed by atoms with Gasteiger partial charge in [-0.05, 0) is 42.0 Å². The van der Waals surface area contributed by atoms with Crippen LogP contribution in [-0.4, -0.2) is 13.2 Å². The lowest BCUT2D eigenvalue weighted by atomic mass is 10.2. The maximum atomic E-state index is 5.60. The largest absolute Gasteiger partial charge is 0.490 e. The Hall–Kier alpha value is -1.00. The van der Waals surface area contributed by atoms with Gasteiger partial charge in [0.1, 0.15) is 24.7 Å². The van der Waals surface area contributed by atoms with Crippen molar-refractivity contribution in [3.63, 3.8) is 0 Å². The zero-order valence-corrected chi connectivity index (χ0v) is 13.5. The van der Waals surface area contributed by atoms with Crippen LogP contribution in [0.25, 0.3) is 0 Å². The minimum atomic E-state index is 0.530. The fourth-order valence-electron chi connectivity index (χ4n) is 1.52. The molecule has 0 bridgehead atoms. The molecule has 0 N–H and O–H groups in total. The highest BCUT2D eigenvalue weighted by molar-refractivity contribution is 9.10. The topological polar surface area (TPSA) is 18.5 Å². The van der Waals surface area contributed by atoms with Crippen molar-refractivity contribution >= 4 is 31.9 Å². The van der Waals surface area contributed by atoms with Gasteiger partial charge in [-0.15, -0.1) is 0 Å². The molecule has 2 aromatic rings. The molecule has 0 radical (unpaired) electrons. The second-order valence-electron chi connectivity index (χ2n) is 3.93. The van der Waals surface area contributed by atoms with Crippen molar-refractivity contribution in [1.29, 1.82) is 0 Å². The second kappa shape index (κ2) is 7.56. The SMILES string of the molecule is BrCc1ccc(OCCOc2ccc(Br)cc2)cc1. The van der Waals surface area contributed by atoms with Crippen LogP contribution >= 0.6 is 31.9 Å². The maximum Gasteiger partial charge on any atom is 0.122 e. The van der Waals surface area contributed by atoms with Gasteiger partial charge in [0.2, 0.25) is 0 Å². The third-order valence-corrected chi connectivity index (χ3v) is 3.69. The summed E-state index contributed by atoms with van der Waals surface area (Å²) in [6.07, 6.45) is 0. The lowest BCUT2D eigenvalue weighted by molar-refractivity contribution is 0.217. The molecule has 2 rings (SSSR count). The van der Waals surface area contributed by atoms with Gasteiger partial charge in [0, 0.05) is 9.80 Å². The molecule has 2 aromatic carbocycles. The Labute approximate surface area is 130 Å². The summed E-state index contributed by atoms with van der Waals surface area (Å²) in [6, 6.07) is 15.8. The van der Waals surface area contributed by atoms with Crippen molar-refractivity contribution in [2.45, 2.75) is 5.33 Å². The average Bonchev–Trinajstić information content (AvgIpc) is 2.46. The maximum absolute atomic E-state index is 5.60. The second-order valence-corrected chi connectivity index (χ2v) is 5.40. The summed E-state index contributed by atoms with van der Waals surface area (Å²) in [5.41, 5.74) is 1.23. The van der Waals surface area contributed by atoms with Gasteiger partial charge in [0.15, 0.2) is 0 Å². The highest BCUT2D eigenvalue weighted by atomic mass is 79.9. The van der Waals surface area contributed by atoms with E-state index in [-0.39, 0.29) is 0 Å². The first kappa shape index (κ1) is 14.4. The van der Waals surface area contributed by atoms with Crippen LogP contribution in [0.15, 0.2) is 53.0 Å². The molecule has 0 heterocycles. The fraction of sp³-hybridized carbons (Fsp3) is 0.200. The zero-order chi connectivity index (χ0) is 13.5. The van der Waals surface area contributed by atoms with E-state index in [0.29, 0.717) is 13.2 Å².